The number of aryl methyl sites for hydroxylation is 1. The molecule has 0 spiro atoms. The molecule has 15 heavy (non-hydrogen) atoms. The van der Waals surface area contributed by atoms with Crippen molar-refractivity contribution in [1.29, 1.82) is 0 Å². The van der Waals surface area contributed by atoms with Crippen molar-refractivity contribution in [3.63, 3.8) is 0 Å². The van der Waals surface area contributed by atoms with Crippen molar-refractivity contribution >= 4 is 5.91 Å². The van der Waals surface area contributed by atoms with E-state index in [1.165, 1.54) is 0 Å². The minimum absolute atomic E-state index is 0.110. The Bertz CT molecular complexity index is 389. The van der Waals surface area contributed by atoms with E-state index in [0.717, 1.165) is 24.0 Å². The highest BCUT2D eigenvalue weighted by Gasteiger charge is 2.20. The van der Waals surface area contributed by atoms with E-state index in [2.05, 4.69) is 0 Å². The van der Waals surface area contributed by atoms with Crippen LogP contribution < -0.4 is 10.5 Å². The van der Waals surface area contributed by atoms with E-state index in [0.29, 0.717) is 5.75 Å². The summed E-state index contributed by atoms with van der Waals surface area (Å²) in [5.74, 6) is 0.136. The molecule has 1 aliphatic rings. The Morgan fingerprint density at radius 2 is 2.40 bits per heavy atom. The van der Waals surface area contributed by atoms with Gasteiger partial charge in [0.2, 0.25) is 0 Å². The third kappa shape index (κ3) is 2.10. The van der Waals surface area contributed by atoms with Crippen LogP contribution in [0.3, 0.4) is 0 Å². The molecule has 4 nitrogen and oxygen atoms in total. The Labute approximate surface area is 87.7 Å². The zero-order valence-electron chi connectivity index (χ0n) is 8.27. The SMILES string of the molecule is NC(=O)COc1ccc2c(c1)CCC2O. The predicted molar refractivity (Wildman–Crippen MR) is 54.4 cm³/mol. The van der Waals surface area contributed by atoms with Gasteiger partial charge in [-0.05, 0) is 36.1 Å². The quantitative estimate of drug-likeness (QED) is 0.759. The molecule has 0 saturated heterocycles. The summed E-state index contributed by atoms with van der Waals surface area (Å²) in [5, 5.41) is 9.58. The van der Waals surface area contributed by atoms with Gasteiger partial charge in [-0.25, -0.2) is 0 Å². The molecule has 4 heteroatoms. The largest absolute Gasteiger partial charge is 0.484 e. The lowest BCUT2D eigenvalue weighted by Gasteiger charge is -2.07. The van der Waals surface area contributed by atoms with Crippen LogP contribution >= 0.6 is 0 Å². The highest BCUT2D eigenvalue weighted by Crippen LogP contribution is 2.33. The number of primary amides is 1. The molecule has 1 aromatic rings. The maximum Gasteiger partial charge on any atom is 0.255 e. The van der Waals surface area contributed by atoms with Crippen molar-refractivity contribution in [3.8, 4) is 5.75 Å². The molecule has 0 bridgehead atoms. The highest BCUT2D eigenvalue weighted by molar-refractivity contribution is 5.75. The number of hydrogen-bond donors (Lipinski definition) is 2. The number of carbonyl (C=O) groups is 1. The molecule has 3 N–H and O–H groups in total. The molecule has 0 heterocycles. The average Bonchev–Trinajstić information content (AvgIpc) is 2.57. The van der Waals surface area contributed by atoms with Gasteiger partial charge in [0.1, 0.15) is 5.75 Å². The molecule has 1 amide bonds. The Kier molecular flexibility index (Phi) is 2.60. The highest BCUT2D eigenvalue weighted by atomic mass is 16.5. The minimum atomic E-state index is -0.490. The van der Waals surface area contributed by atoms with Gasteiger partial charge in [-0.15, -0.1) is 0 Å². The smallest absolute Gasteiger partial charge is 0.255 e. The summed E-state index contributed by atoms with van der Waals surface area (Å²) in [5.41, 5.74) is 7.02. The van der Waals surface area contributed by atoms with Crippen LogP contribution in [0, 0.1) is 0 Å². The number of amides is 1. The Balaban J connectivity index is 2.12. The van der Waals surface area contributed by atoms with E-state index in [9.17, 15) is 9.90 Å². The second-order valence-corrected chi connectivity index (χ2v) is 3.67. The Morgan fingerprint density at radius 1 is 1.60 bits per heavy atom. The summed E-state index contributed by atoms with van der Waals surface area (Å²) in [4.78, 5) is 10.5. The van der Waals surface area contributed by atoms with Crippen LogP contribution in [0.25, 0.3) is 0 Å². The van der Waals surface area contributed by atoms with E-state index in [4.69, 9.17) is 10.5 Å². The standard InChI is InChI=1S/C11H13NO3/c12-11(14)6-15-8-2-3-9-7(5-8)1-4-10(9)13/h2-3,5,10,13H,1,4,6H2,(H2,12,14). The van der Waals surface area contributed by atoms with Crippen molar-refractivity contribution in [3.05, 3.63) is 29.3 Å². The van der Waals surface area contributed by atoms with Crippen molar-refractivity contribution in [2.75, 3.05) is 6.61 Å². The van der Waals surface area contributed by atoms with Crippen LogP contribution in [0.4, 0.5) is 0 Å². The molecule has 2 rings (SSSR count). The molecule has 0 aromatic heterocycles. The van der Waals surface area contributed by atoms with Gasteiger partial charge in [0, 0.05) is 0 Å². The number of carbonyl (C=O) groups excluding carboxylic acids is 1. The number of nitrogens with two attached hydrogens (primary N) is 1. The Morgan fingerprint density at radius 3 is 3.13 bits per heavy atom. The second-order valence-electron chi connectivity index (χ2n) is 3.67. The summed E-state index contributed by atoms with van der Waals surface area (Å²) in [6, 6.07) is 5.44. The molecular formula is C11H13NO3. The van der Waals surface area contributed by atoms with Crippen LogP contribution in [0.1, 0.15) is 23.7 Å². The van der Waals surface area contributed by atoms with E-state index < -0.39 is 5.91 Å². The number of benzene rings is 1. The molecule has 0 aliphatic heterocycles. The summed E-state index contributed by atoms with van der Waals surface area (Å²) in [6.07, 6.45) is 1.25. The monoisotopic (exact) mass is 207 g/mol. The van der Waals surface area contributed by atoms with Gasteiger partial charge in [-0.1, -0.05) is 6.07 Å². The fourth-order valence-electron chi connectivity index (χ4n) is 1.82. The summed E-state index contributed by atoms with van der Waals surface area (Å²) in [6.45, 7) is -0.110. The van der Waals surface area contributed by atoms with Crippen molar-refractivity contribution in [2.45, 2.75) is 18.9 Å². The maximum absolute atomic E-state index is 10.5. The van der Waals surface area contributed by atoms with Crippen LogP contribution in [-0.4, -0.2) is 17.6 Å². The minimum Gasteiger partial charge on any atom is -0.484 e. The molecule has 0 fully saturated rings. The van der Waals surface area contributed by atoms with Crippen LogP contribution in [0.15, 0.2) is 18.2 Å². The van der Waals surface area contributed by atoms with Crippen molar-refractivity contribution < 1.29 is 14.6 Å². The van der Waals surface area contributed by atoms with Gasteiger partial charge in [0.05, 0.1) is 6.10 Å². The van der Waals surface area contributed by atoms with Crippen LogP contribution in [0.5, 0.6) is 5.75 Å². The Hall–Kier alpha value is -1.55. The predicted octanol–water partition coefficient (Wildman–Crippen LogP) is 0.530. The first-order chi connectivity index (χ1) is 7.16. The number of aliphatic hydroxyl groups is 1. The lowest BCUT2D eigenvalue weighted by molar-refractivity contribution is -0.119. The van der Waals surface area contributed by atoms with Crippen LogP contribution in [0.2, 0.25) is 0 Å². The van der Waals surface area contributed by atoms with Gasteiger partial charge in [-0.2, -0.15) is 0 Å². The van der Waals surface area contributed by atoms with Gasteiger partial charge in [-0.3, -0.25) is 4.79 Å². The molecule has 0 radical (unpaired) electrons. The van der Waals surface area contributed by atoms with Gasteiger partial charge in [0.15, 0.2) is 6.61 Å². The van der Waals surface area contributed by atoms with Crippen molar-refractivity contribution in [2.24, 2.45) is 5.73 Å². The lowest BCUT2D eigenvalue weighted by atomic mass is 10.1. The molecular weight excluding hydrogens is 194 g/mol. The maximum atomic E-state index is 10.5. The first-order valence-electron chi connectivity index (χ1n) is 4.89. The fraction of sp³-hybridized carbons (Fsp3) is 0.364. The summed E-state index contributed by atoms with van der Waals surface area (Å²) in [7, 11) is 0. The third-order valence-corrected chi connectivity index (χ3v) is 2.54. The van der Waals surface area contributed by atoms with Gasteiger partial charge >= 0.3 is 0 Å². The average molecular weight is 207 g/mol. The first kappa shape index (κ1) is 9.98. The molecule has 1 unspecified atom stereocenters. The third-order valence-electron chi connectivity index (χ3n) is 2.54. The number of rotatable bonds is 3. The van der Waals surface area contributed by atoms with E-state index >= 15 is 0 Å². The lowest BCUT2D eigenvalue weighted by Crippen LogP contribution is -2.20. The zero-order chi connectivity index (χ0) is 10.8. The van der Waals surface area contributed by atoms with Gasteiger partial charge in [0.25, 0.3) is 5.91 Å². The first-order valence-corrected chi connectivity index (χ1v) is 4.89. The van der Waals surface area contributed by atoms with E-state index in [-0.39, 0.29) is 12.7 Å². The fourth-order valence-corrected chi connectivity index (χ4v) is 1.82. The summed E-state index contributed by atoms with van der Waals surface area (Å²) < 4.78 is 5.17. The zero-order valence-corrected chi connectivity index (χ0v) is 8.27. The number of ether oxygens (including phenoxy) is 1. The van der Waals surface area contributed by atoms with Crippen LogP contribution in [-0.2, 0) is 11.2 Å². The molecule has 80 valence electrons. The second kappa shape index (κ2) is 3.90. The molecule has 1 aromatic carbocycles. The number of hydrogen-bond acceptors (Lipinski definition) is 3. The normalized spacial score (nSPS) is 18.6. The van der Waals surface area contributed by atoms with E-state index in [1.807, 2.05) is 12.1 Å². The number of aliphatic hydroxyl groups excluding tert-OH is 1. The summed E-state index contributed by atoms with van der Waals surface area (Å²) >= 11 is 0. The van der Waals surface area contributed by atoms with Crippen molar-refractivity contribution in [1.82, 2.24) is 0 Å². The molecule has 1 atom stereocenters. The van der Waals surface area contributed by atoms with E-state index in [1.54, 1.807) is 6.07 Å². The number of fused-ring (bicyclic) bond motifs is 1. The topological polar surface area (TPSA) is 72.6 Å². The van der Waals surface area contributed by atoms with Gasteiger partial charge < -0.3 is 15.6 Å². The molecule has 0 saturated carbocycles. The molecule has 1 aliphatic carbocycles.